The van der Waals surface area contributed by atoms with Crippen molar-refractivity contribution < 1.29 is 18.0 Å². The van der Waals surface area contributed by atoms with Gasteiger partial charge in [-0.2, -0.15) is 4.31 Å². The van der Waals surface area contributed by atoms with E-state index in [-0.39, 0.29) is 27.6 Å². The number of rotatable bonds is 3. The van der Waals surface area contributed by atoms with Crippen molar-refractivity contribution >= 4 is 27.5 Å². The zero-order valence-corrected chi connectivity index (χ0v) is 13.1. The zero-order valence-electron chi connectivity index (χ0n) is 12.3. The Labute approximate surface area is 133 Å². The van der Waals surface area contributed by atoms with Crippen molar-refractivity contribution in [2.24, 2.45) is 0 Å². The third kappa shape index (κ3) is 2.39. The van der Waals surface area contributed by atoms with Gasteiger partial charge >= 0.3 is 0 Å². The number of carbonyl (C=O) groups excluding carboxylic acids is 2. The number of benzene rings is 2. The number of para-hydroxylation sites is 1. The lowest BCUT2D eigenvalue weighted by molar-refractivity contribution is 0.0953. The SMILES string of the molecule is CCNC(=O)c1ccc2c(c1)S(=O)(=O)N(c1ccccc1)C2=O. The molecule has 0 unspecified atom stereocenters. The summed E-state index contributed by atoms with van der Waals surface area (Å²) in [4.78, 5) is 24.2. The van der Waals surface area contributed by atoms with Crippen LogP contribution in [0.1, 0.15) is 27.6 Å². The van der Waals surface area contributed by atoms with Crippen LogP contribution in [0.25, 0.3) is 0 Å². The average Bonchev–Trinajstić information content (AvgIpc) is 2.74. The van der Waals surface area contributed by atoms with Gasteiger partial charge in [0.2, 0.25) is 0 Å². The highest BCUT2D eigenvalue weighted by molar-refractivity contribution is 7.94. The summed E-state index contributed by atoms with van der Waals surface area (Å²) in [5.74, 6) is -0.996. The molecular formula is C16H14N2O4S. The highest BCUT2D eigenvalue weighted by Gasteiger charge is 2.42. The molecule has 2 aromatic carbocycles. The van der Waals surface area contributed by atoms with Gasteiger partial charge in [-0.05, 0) is 37.3 Å². The molecule has 0 aliphatic carbocycles. The number of amides is 2. The Morgan fingerprint density at radius 2 is 1.83 bits per heavy atom. The number of hydrogen-bond acceptors (Lipinski definition) is 4. The van der Waals surface area contributed by atoms with Crippen LogP contribution in [0.2, 0.25) is 0 Å². The molecule has 23 heavy (non-hydrogen) atoms. The Balaban J connectivity index is 2.12. The van der Waals surface area contributed by atoms with Crippen molar-refractivity contribution in [3.8, 4) is 0 Å². The van der Waals surface area contributed by atoms with Gasteiger partial charge < -0.3 is 5.32 Å². The minimum Gasteiger partial charge on any atom is -0.352 e. The van der Waals surface area contributed by atoms with Gasteiger partial charge in [0, 0.05) is 12.1 Å². The fraction of sp³-hybridized carbons (Fsp3) is 0.125. The number of nitrogens with zero attached hydrogens (tertiary/aromatic N) is 1. The van der Waals surface area contributed by atoms with E-state index in [1.54, 1.807) is 37.3 Å². The van der Waals surface area contributed by atoms with E-state index >= 15 is 0 Å². The van der Waals surface area contributed by atoms with Gasteiger partial charge in [-0.3, -0.25) is 9.59 Å². The molecule has 3 rings (SSSR count). The fourth-order valence-corrected chi connectivity index (χ4v) is 4.07. The van der Waals surface area contributed by atoms with E-state index in [1.165, 1.54) is 18.2 Å². The molecule has 1 heterocycles. The molecule has 0 saturated carbocycles. The Kier molecular flexibility index (Phi) is 3.65. The predicted molar refractivity (Wildman–Crippen MR) is 84.9 cm³/mol. The molecule has 0 fully saturated rings. The normalized spacial score (nSPS) is 15.3. The molecule has 0 saturated heterocycles. The van der Waals surface area contributed by atoms with E-state index in [1.807, 2.05) is 0 Å². The summed E-state index contributed by atoms with van der Waals surface area (Å²) >= 11 is 0. The molecule has 2 aromatic rings. The largest absolute Gasteiger partial charge is 0.352 e. The second-order valence-electron chi connectivity index (χ2n) is 4.98. The predicted octanol–water partition coefficient (Wildman–Crippen LogP) is 1.79. The van der Waals surface area contributed by atoms with Gasteiger partial charge in [0.1, 0.15) is 4.90 Å². The number of carbonyl (C=O) groups is 2. The van der Waals surface area contributed by atoms with Gasteiger partial charge in [-0.1, -0.05) is 18.2 Å². The zero-order chi connectivity index (χ0) is 16.6. The first-order chi connectivity index (χ1) is 11.0. The smallest absolute Gasteiger partial charge is 0.273 e. The highest BCUT2D eigenvalue weighted by Crippen LogP contribution is 2.34. The Bertz CT molecular complexity index is 892. The average molecular weight is 330 g/mol. The third-order valence-corrected chi connectivity index (χ3v) is 5.26. The van der Waals surface area contributed by atoms with E-state index in [0.29, 0.717) is 6.54 Å². The van der Waals surface area contributed by atoms with Crippen molar-refractivity contribution in [3.63, 3.8) is 0 Å². The van der Waals surface area contributed by atoms with Crippen molar-refractivity contribution in [2.45, 2.75) is 11.8 Å². The molecule has 1 aliphatic heterocycles. The Hall–Kier alpha value is -2.67. The van der Waals surface area contributed by atoms with Crippen molar-refractivity contribution in [1.82, 2.24) is 5.32 Å². The van der Waals surface area contributed by atoms with Crippen LogP contribution in [0.4, 0.5) is 5.69 Å². The second-order valence-corrected chi connectivity index (χ2v) is 6.74. The molecule has 2 amide bonds. The summed E-state index contributed by atoms with van der Waals surface area (Å²) in [6.07, 6.45) is 0. The van der Waals surface area contributed by atoms with Gasteiger partial charge in [0.15, 0.2) is 0 Å². The van der Waals surface area contributed by atoms with E-state index in [2.05, 4.69) is 5.32 Å². The standard InChI is InChI=1S/C16H14N2O4S/c1-2-17-15(19)11-8-9-13-14(10-11)23(21,22)18(16(13)20)12-6-4-3-5-7-12/h3-10H,2H2,1H3,(H,17,19). The number of hydrogen-bond donors (Lipinski definition) is 1. The minimum absolute atomic E-state index is 0.0712. The number of nitrogens with one attached hydrogen (secondary N) is 1. The van der Waals surface area contributed by atoms with Crippen molar-refractivity contribution in [3.05, 3.63) is 59.7 Å². The van der Waals surface area contributed by atoms with E-state index in [0.717, 1.165) is 4.31 Å². The second kappa shape index (κ2) is 5.51. The maximum atomic E-state index is 12.7. The van der Waals surface area contributed by atoms with Crippen LogP contribution >= 0.6 is 0 Å². The lowest BCUT2D eigenvalue weighted by Crippen LogP contribution is -2.29. The summed E-state index contributed by atoms with van der Waals surface area (Å²) < 4.78 is 26.2. The number of fused-ring (bicyclic) bond motifs is 1. The molecule has 7 heteroatoms. The summed E-state index contributed by atoms with van der Waals surface area (Å²) in [7, 11) is -4.02. The molecule has 0 atom stereocenters. The molecule has 6 nitrogen and oxygen atoms in total. The molecule has 0 radical (unpaired) electrons. The van der Waals surface area contributed by atoms with Gasteiger partial charge in [0.25, 0.3) is 21.8 Å². The van der Waals surface area contributed by atoms with Gasteiger partial charge in [-0.15, -0.1) is 0 Å². The van der Waals surface area contributed by atoms with Crippen LogP contribution in [0.3, 0.4) is 0 Å². The van der Waals surface area contributed by atoms with E-state index in [4.69, 9.17) is 0 Å². The molecule has 0 spiro atoms. The molecule has 118 valence electrons. The lowest BCUT2D eigenvalue weighted by Gasteiger charge is -2.14. The van der Waals surface area contributed by atoms with E-state index in [9.17, 15) is 18.0 Å². The molecule has 0 aromatic heterocycles. The minimum atomic E-state index is -4.02. The van der Waals surface area contributed by atoms with Crippen LogP contribution in [-0.2, 0) is 10.0 Å². The summed E-state index contributed by atoms with van der Waals surface area (Å²) in [5, 5.41) is 2.60. The molecule has 1 N–H and O–H groups in total. The van der Waals surface area contributed by atoms with Crippen LogP contribution in [0, 0.1) is 0 Å². The maximum Gasteiger partial charge on any atom is 0.273 e. The first-order valence-corrected chi connectivity index (χ1v) is 8.47. The Morgan fingerprint density at radius 1 is 1.13 bits per heavy atom. The van der Waals surface area contributed by atoms with Crippen molar-refractivity contribution in [2.75, 3.05) is 10.8 Å². The van der Waals surface area contributed by atoms with Gasteiger partial charge in [-0.25, -0.2) is 8.42 Å². The fourth-order valence-electron chi connectivity index (χ4n) is 2.45. The third-order valence-electron chi connectivity index (χ3n) is 3.50. The van der Waals surface area contributed by atoms with Crippen LogP contribution in [0.5, 0.6) is 0 Å². The molecule has 1 aliphatic rings. The topological polar surface area (TPSA) is 83.6 Å². The number of sulfonamides is 1. The number of anilines is 1. The summed E-state index contributed by atoms with van der Waals surface area (Å²) in [6.45, 7) is 2.19. The van der Waals surface area contributed by atoms with Gasteiger partial charge in [0.05, 0.1) is 11.3 Å². The quantitative estimate of drug-likeness (QED) is 0.930. The Morgan fingerprint density at radius 3 is 2.48 bits per heavy atom. The lowest BCUT2D eigenvalue weighted by atomic mass is 10.1. The van der Waals surface area contributed by atoms with Crippen molar-refractivity contribution in [1.29, 1.82) is 0 Å². The summed E-state index contributed by atoms with van der Waals surface area (Å²) in [5.41, 5.74) is 0.548. The van der Waals surface area contributed by atoms with Crippen LogP contribution < -0.4 is 9.62 Å². The van der Waals surface area contributed by atoms with Crippen LogP contribution in [-0.4, -0.2) is 26.8 Å². The monoisotopic (exact) mass is 330 g/mol. The first-order valence-electron chi connectivity index (χ1n) is 7.03. The molecular weight excluding hydrogens is 316 g/mol. The first kappa shape index (κ1) is 15.2. The maximum absolute atomic E-state index is 12.7. The molecule has 0 bridgehead atoms. The summed E-state index contributed by atoms with van der Waals surface area (Å²) in [6, 6.07) is 12.2. The van der Waals surface area contributed by atoms with Crippen LogP contribution in [0.15, 0.2) is 53.4 Å². The highest BCUT2D eigenvalue weighted by atomic mass is 32.2. The van der Waals surface area contributed by atoms with E-state index < -0.39 is 15.9 Å².